The molecule has 1 aromatic heterocycles. The number of anilines is 1. The number of hydrogen-bond donors (Lipinski definition) is 1. The van der Waals surface area contributed by atoms with Crippen LogP contribution in [0.5, 0.6) is 0 Å². The Morgan fingerprint density at radius 3 is 2.67 bits per heavy atom. The summed E-state index contributed by atoms with van der Waals surface area (Å²) in [5.41, 5.74) is 4.12. The summed E-state index contributed by atoms with van der Waals surface area (Å²) >= 11 is 5.60. The smallest absolute Gasteiger partial charge is 0.418 e. The number of rotatable bonds is 2. The highest BCUT2D eigenvalue weighted by Crippen LogP contribution is 2.36. The van der Waals surface area contributed by atoms with E-state index in [0.29, 0.717) is 0 Å². The van der Waals surface area contributed by atoms with Crippen molar-refractivity contribution in [3.8, 4) is 5.69 Å². The lowest BCUT2D eigenvalue weighted by Crippen LogP contribution is -2.13. The van der Waals surface area contributed by atoms with Crippen LogP contribution in [0.2, 0.25) is 5.02 Å². The molecule has 2 aromatic rings. The lowest BCUT2D eigenvalue weighted by atomic mass is 10.1. The first kappa shape index (κ1) is 15.2. The first-order valence-corrected chi connectivity index (χ1v) is 5.91. The molecule has 9 heteroatoms. The van der Waals surface area contributed by atoms with Crippen molar-refractivity contribution in [1.29, 1.82) is 0 Å². The molecule has 0 aliphatic carbocycles. The van der Waals surface area contributed by atoms with E-state index in [-0.39, 0.29) is 22.2 Å². The van der Waals surface area contributed by atoms with E-state index >= 15 is 0 Å². The zero-order chi connectivity index (χ0) is 15.8. The van der Waals surface area contributed by atoms with Gasteiger partial charge in [0.05, 0.1) is 18.4 Å². The second-order valence-corrected chi connectivity index (χ2v) is 4.44. The molecular formula is C12H9ClF3N3O2. The molecule has 0 atom stereocenters. The van der Waals surface area contributed by atoms with Crippen molar-refractivity contribution in [2.24, 2.45) is 0 Å². The monoisotopic (exact) mass is 319 g/mol. The van der Waals surface area contributed by atoms with Crippen molar-refractivity contribution in [3.05, 3.63) is 40.8 Å². The number of aromatic nitrogens is 2. The standard InChI is InChI=1S/C12H9ClF3N3O2/c1-21-11(20)9-10(17)19(5-18-9)8-3-2-6(13)4-7(8)12(14,15)16/h2-5H,17H2,1H3. The Bertz CT molecular complexity index is 698. The summed E-state index contributed by atoms with van der Waals surface area (Å²) in [4.78, 5) is 15.1. The highest BCUT2D eigenvalue weighted by atomic mass is 35.5. The summed E-state index contributed by atoms with van der Waals surface area (Å²) in [6.45, 7) is 0. The van der Waals surface area contributed by atoms with Crippen LogP contribution in [0.1, 0.15) is 16.1 Å². The van der Waals surface area contributed by atoms with Crippen LogP contribution in [-0.2, 0) is 10.9 Å². The second-order valence-electron chi connectivity index (χ2n) is 4.00. The highest BCUT2D eigenvalue weighted by molar-refractivity contribution is 6.30. The number of alkyl halides is 3. The Morgan fingerprint density at radius 1 is 1.43 bits per heavy atom. The number of nitrogen functional groups attached to an aromatic ring is 1. The number of imidazole rings is 1. The average molecular weight is 320 g/mol. The van der Waals surface area contributed by atoms with Crippen LogP contribution in [0.15, 0.2) is 24.5 Å². The Kier molecular flexibility index (Phi) is 3.82. The fourth-order valence-electron chi connectivity index (χ4n) is 1.75. The molecule has 1 heterocycles. The summed E-state index contributed by atoms with van der Waals surface area (Å²) in [5.74, 6) is -1.09. The lowest BCUT2D eigenvalue weighted by Gasteiger charge is -2.14. The summed E-state index contributed by atoms with van der Waals surface area (Å²) in [6.07, 6.45) is -3.62. The number of methoxy groups -OCH3 is 1. The predicted molar refractivity (Wildman–Crippen MR) is 69.3 cm³/mol. The zero-order valence-electron chi connectivity index (χ0n) is 10.6. The minimum atomic E-state index is -4.64. The molecule has 0 fully saturated rings. The lowest BCUT2D eigenvalue weighted by molar-refractivity contribution is -0.137. The van der Waals surface area contributed by atoms with Crippen LogP contribution in [-0.4, -0.2) is 22.6 Å². The molecule has 0 unspecified atom stereocenters. The number of carbonyl (C=O) groups excluding carboxylic acids is 1. The molecule has 0 bridgehead atoms. The van der Waals surface area contributed by atoms with Gasteiger partial charge in [-0.05, 0) is 18.2 Å². The van der Waals surface area contributed by atoms with Gasteiger partial charge in [-0.2, -0.15) is 13.2 Å². The fraction of sp³-hybridized carbons (Fsp3) is 0.167. The van der Waals surface area contributed by atoms with E-state index in [1.54, 1.807) is 0 Å². The molecular weight excluding hydrogens is 311 g/mol. The van der Waals surface area contributed by atoms with Crippen molar-refractivity contribution >= 4 is 23.4 Å². The van der Waals surface area contributed by atoms with E-state index in [4.69, 9.17) is 17.3 Å². The molecule has 2 rings (SSSR count). The van der Waals surface area contributed by atoms with Crippen LogP contribution in [0.25, 0.3) is 5.69 Å². The van der Waals surface area contributed by atoms with Crippen LogP contribution in [0, 0.1) is 0 Å². The molecule has 0 amide bonds. The molecule has 0 aliphatic rings. The quantitative estimate of drug-likeness (QED) is 0.864. The van der Waals surface area contributed by atoms with Gasteiger partial charge < -0.3 is 10.5 Å². The van der Waals surface area contributed by atoms with Crippen LogP contribution < -0.4 is 5.73 Å². The third kappa shape index (κ3) is 2.80. The fourth-order valence-corrected chi connectivity index (χ4v) is 1.92. The van der Waals surface area contributed by atoms with Gasteiger partial charge in [-0.3, -0.25) is 4.57 Å². The van der Waals surface area contributed by atoms with Gasteiger partial charge in [-0.15, -0.1) is 0 Å². The zero-order valence-corrected chi connectivity index (χ0v) is 11.4. The van der Waals surface area contributed by atoms with Crippen molar-refractivity contribution in [1.82, 2.24) is 9.55 Å². The van der Waals surface area contributed by atoms with Crippen LogP contribution >= 0.6 is 11.6 Å². The first-order valence-electron chi connectivity index (χ1n) is 5.54. The maximum Gasteiger partial charge on any atom is 0.418 e. The molecule has 0 spiro atoms. The minimum Gasteiger partial charge on any atom is -0.464 e. The molecule has 2 N–H and O–H groups in total. The Morgan fingerprint density at radius 2 is 2.10 bits per heavy atom. The summed E-state index contributed by atoms with van der Waals surface area (Å²) < 4.78 is 44.6. The molecule has 0 saturated carbocycles. The van der Waals surface area contributed by atoms with Gasteiger partial charge in [-0.25, -0.2) is 9.78 Å². The Labute approximate surface area is 122 Å². The summed E-state index contributed by atoms with van der Waals surface area (Å²) in [7, 11) is 1.12. The van der Waals surface area contributed by atoms with Gasteiger partial charge in [0, 0.05) is 5.02 Å². The van der Waals surface area contributed by atoms with Gasteiger partial charge in [0.2, 0.25) is 0 Å². The number of halogens is 4. The molecule has 0 saturated heterocycles. The van der Waals surface area contributed by atoms with E-state index in [2.05, 4.69) is 9.72 Å². The maximum absolute atomic E-state index is 13.1. The second kappa shape index (κ2) is 5.28. The normalized spacial score (nSPS) is 11.5. The van der Waals surface area contributed by atoms with Gasteiger partial charge in [0.15, 0.2) is 5.69 Å². The van der Waals surface area contributed by atoms with E-state index in [9.17, 15) is 18.0 Å². The summed E-state index contributed by atoms with van der Waals surface area (Å²) in [5, 5.41) is -0.0713. The number of hydrogen-bond acceptors (Lipinski definition) is 4. The molecule has 112 valence electrons. The number of benzene rings is 1. The van der Waals surface area contributed by atoms with E-state index in [1.165, 1.54) is 6.07 Å². The molecule has 0 radical (unpaired) electrons. The third-order valence-electron chi connectivity index (χ3n) is 2.71. The van der Waals surface area contributed by atoms with Gasteiger partial charge in [-0.1, -0.05) is 11.6 Å². The van der Waals surface area contributed by atoms with Crippen molar-refractivity contribution in [2.45, 2.75) is 6.18 Å². The minimum absolute atomic E-state index is 0.0713. The summed E-state index contributed by atoms with van der Waals surface area (Å²) in [6, 6.07) is 3.20. The Hall–Kier alpha value is -2.22. The van der Waals surface area contributed by atoms with E-state index < -0.39 is 17.7 Å². The number of ether oxygens (including phenoxy) is 1. The maximum atomic E-state index is 13.1. The van der Waals surface area contributed by atoms with Crippen molar-refractivity contribution in [2.75, 3.05) is 12.8 Å². The SMILES string of the molecule is COC(=O)c1ncn(-c2ccc(Cl)cc2C(F)(F)F)c1N. The van der Waals surface area contributed by atoms with E-state index in [1.807, 2.05) is 0 Å². The van der Waals surface area contributed by atoms with E-state index in [0.717, 1.165) is 30.1 Å². The Balaban J connectivity index is 2.63. The molecule has 21 heavy (non-hydrogen) atoms. The topological polar surface area (TPSA) is 70.1 Å². The highest BCUT2D eigenvalue weighted by Gasteiger charge is 2.35. The molecule has 0 aliphatic heterocycles. The number of esters is 1. The van der Waals surface area contributed by atoms with Gasteiger partial charge in [0.1, 0.15) is 12.1 Å². The predicted octanol–water partition coefficient (Wildman–Crippen LogP) is 2.91. The molecule has 5 nitrogen and oxygen atoms in total. The van der Waals surface area contributed by atoms with Crippen LogP contribution in [0.4, 0.5) is 19.0 Å². The first-order chi connectivity index (χ1) is 9.75. The number of nitrogens with zero attached hydrogens (tertiary/aromatic N) is 2. The van der Waals surface area contributed by atoms with Crippen LogP contribution in [0.3, 0.4) is 0 Å². The van der Waals surface area contributed by atoms with Gasteiger partial charge in [0.25, 0.3) is 0 Å². The largest absolute Gasteiger partial charge is 0.464 e. The van der Waals surface area contributed by atoms with Crippen molar-refractivity contribution < 1.29 is 22.7 Å². The number of nitrogens with two attached hydrogens (primary N) is 1. The number of carbonyl (C=O) groups is 1. The van der Waals surface area contributed by atoms with Gasteiger partial charge >= 0.3 is 12.1 Å². The van der Waals surface area contributed by atoms with Crippen molar-refractivity contribution in [3.63, 3.8) is 0 Å². The third-order valence-corrected chi connectivity index (χ3v) is 2.94. The average Bonchev–Trinajstić information content (AvgIpc) is 2.79. The molecule has 1 aromatic carbocycles.